The number of hydrogen-bond donors (Lipinski definition) is 0. The predicted molar refractivity (Wildman–Crippen MR) is 215 cm³/mol. The zero-order valence-corrected chi connectivity index (χ0v) is 43.7. The summed E-state index contributed by atoms with van der Waals surface area (Å²) in [5.74, 6) is -21.2. The smallest absolute Gasteiger partial charge is 0.869 e. The quantitative estimate of drug-likeness (QED) is 0.0653. The van der Waals surface area contributed by atoms with E-state index < -0.39 is 120 Å². The van der Waals surface area contributed by atoms with Gasteiger partial charge in [-0.25, -0.2) is 0 Å². The fourth-order valence-electron chi connectivity index (χ4n) is 2.58. The van der Waals surface area contributed by atoms with Crippen LogP contribution in [0.15, 0.2) is 102 Å². The third-order valence-corrected chi connectivity index (χ3v) is 9.11. The van der Waals surface area contributed by atoms with Gasteiger partial charge in [0.05, 0.1) is 11.4 Å². The minimum atomic E-state index is -5.46. The van der Waals surface area contributed by atoms with Crippen LogP contribution in [-0.2, 0) is 53.3 Å². The van der Waals surface area contributed by atoms with Crippen molar-refractivity contribution in [1.82, 2.24) is 9.97 Å². The van der Waals surface area contributed by atoms with Crippen LogP contribution < -0.4 is 20.4 Å². The maximum Gasteiger partial charge on any atom is 3.00 e. The largest absolute Gasteiger partial charge is 3.00 e. The number of nitrogens with zero attached hydrogens (tertiary/aromatic N) is 6. The third kappa shape index (κ3) is 34.7. The molecule has 0 aliphatic carbocycles. The molecule has 0 aromatic carbocycles. The fourth-order valence-corrected chi connectivity index (χ4v) is 5.35. The first kappa shape index (κ1) is 80.3. The van der Waals surface area contributed by atoms with Gasteiger partial charge in [-0.3, -0.25) is 29.1 Å². The SMILES string of the molecule is Brc1ccc(C2=NSS[N-]2)nc1.Brc1ccc(C2=NSS[N-]2)nc1.O=C(/C=C(\[O-])C(F)(F)F)C(F)(F)F.O=C(/C=C(\[O-])C(F)(F)F)C(F)(F)F.O=C(/C=C(\[O-])C(F)(F)F)C(F)(F)F.O=C(/C=C(\[O-])C(F)(F)F)C(F)(F)F.[Mn+3].[Mn+3]. The Labute approximate surface area is 469 Å². The Kier molecular flexibility index (Phi) is 34.5. The summed E-state index contributed by atoms with van der Waals surface area (Å²) in [5.41, 5.74) is 1.63. The molecule has 4 heterocycles. The molecule has 0 fully saturated rings. The molecule has 0 N–H and O–H groups in total. The van der Waals surface area contributed by atoms with E-state index in [9.17, 15) is 145 Å². The monoisotopic (exact) mass is 1460 g/mol. The topological polar surface area (TPSA) is 239 Å². The zero-order valence-electron chi connectivity index (χ0n) is 34.9. The molecule has 4 rings (SSSR count). The van der Waals surface area contributed by atoms with E-state index in [2.05, 4.69) is 60.1 Å². The van der Waals surface area contributed by atoms with Crippen molar-refractivity contribution < 1.29 is 179 Å². The van der Waals surface area contributed by atoms with E-state index in [4.69, 9.17) is 0 Å². The molecule has 2 aromatic heterocycles. The van der Waals surface area contributed by atoms with E-state index >= 15 is 0 Å². The molecule has 0 saturated carbocycles. The molecule has 436 valence electrons. The number of aromatic nitrogens is 2. The molecule has 0 bridgehead atoms. The Morgan fingerprint density at radius 2 is 0.603 bits per heavy atom. The molecule has 46 heteroatoms. The molecule has 0 radical (unpaired) electrons. The van der Waals surface area contributed by atoms with Crippen LogP contribution in [0.3, 0.4) is 0 Å². The van der Waals surface area contributed by atoms with Crippen LogP contribution in [0.5, 0.6) is 0 Å². The van der Waals surface area contributed by atoms with Gasteiger partial charge in [0.25, 0.3) is 23.1 Å². The van der Waals surface area contributed by atoms with Gasteiger partial charge in [-0.05, 0) is 115 Å². The molecule has 2 aliphatic rings. The summed E-state index contributed by atoms with van der Waals surface area (Å²) >= 11 is 6.62. The third-order valence-electron chi connectivity index (χ3n) is 5.76. The van der Waals surface area contributed by atoms with Gasteiger partial charge in [0.2, 0.25) is 0 Å². The zero-order chi connectivity index (χ0) is 60.2. The second kappa shape index (κ2) is 33.5. The van der Waals surface area contributed by atoms with Crippen LogP contribution in [0.2, 0.25) is 0 Å². The van der Waals surface area contributed by atoms with Crippen molar-refractivity contribution in [3.05, 3.63) is 114 Å². The number of rotatable bonds is 6. The molecule has 2 aromatic rings. The van der Waals surface area contributed by atoms with Crippen molar-refractivity contribution >= 4 is 111 Å². The van der Waals surface area contributed by atoms with Crippen molar-refractivity contribution in [1.29, 1.82) is 0 Å². The summed E-state index contributed by atoms with van der Waals surface area (Å²) in [6.07, 6.45) is -44.3. The fraction of sp³-hybridized carbons (Fsp3) is 0.250. The Hall–Kier alpha value is -4.20. The molecule has 0 spiro atoms. The number of halogens is 26. The van der Waals surface area contributed by atoms with Gasteiger partial charge >= 0.3 is 83.5 Å². The number of pyridine rings is 2. The molecule has 0 saturated heterocycles. The standard InChI is InChI=1S/2C6H3BrN3S2.4C5H2F6O2.2Mn/c2*7-4-1-2-5(8-3-4)6-9-11-12-10-6;4*6-4(7,8)2(12)1-3(13)5(9,10)11;;/h2*1-3H;4*1,12H;;/q2*-1;;;;;2*+3/p-4/b;;4*2-1-;;. The second-order valence-electron chi connectivity index (χ2n) is 11.5. The normalized spacial score (nSPS) is 14.4. The summed E-state index contributed by atoms with van der Waals surface area (Å²) < 4.78 is 289. The van der Waals surface area contributed by atoms with Gasteiger partial charge < -0.3 is 38.7 Å². The molecule has 0 amide bonds. The van der Waals surface area contributed by atoms with Gasteiger partial charge in [0, 0.05) is 21.3 Å². The van der Waals surface area contributed by atoms with Gasteiger partial charge in [-0.15, -0.1) is 0 Å². The maximum atomic E-state index is 11.3. The molecular weight excluding hydrogens is 1450 g/mol. The number of ketones is 4. The van der Waals surface area contributed by atoms with Gasteiger partial charge in [-0.1, -0.05) is 43.9 Å². The van der Waals surface area contributed by atoms with Crippen molar-refractivity contribution in [2.45, 2.75) is 49.4 Å². The number of amidine groups is 2. The average molecular weight is 1460 g/mol. The molecule has 0 atom stereocenters. The Morgan fingerprint density at radius 3 is 0.731 bits per heavy atom. The van der Waals surface area contributed by atoms with Gasteiger partial charge in [0.1, 0.15) is 0 Å². The van der Waals surface area contributed by atoms with E-state index in [-0.39, 0.29) is 34.1 Å². The number of hydrogen-bond acceptors (Lipinski definition) is 16. The first-order chi connectivity index (χ1) is 33.9. The molecule has 14 nitrogen and oxygen atoms in total. The summed E-state index contributed by atoms with van der Waals surface area (Å²) in [6, 6.07) is 7.62. The number of allylic oxidation sites excluding steroid dienone is 8. The Morgan fingerprint density at radius 1 is 0.397 bits per heavy atom. The molecule has 78 heavy (non-hydrogen) atoms. The number of alkyl halides is 24. The minimum Gasteiger partial charge on any atom is -0.869 e. The van der Waals surface area contributed by atoms with Gasteiger partial charge in [-0.2, -0.15) is 105 Å². The van der Waals surface area contributed by atoms with E-state index in [1.807, 2.05) is 24.3 Å². The van der Waals surface area contributed by atoms with Crippen LogP contribution in [0.1, 0.15) is 11.4 Å². The predicted octanol–water partition coefficient (Wildman–Crippen LogP) is 10.1. The Bertz CT molecular complexity index is 2210. The van der Waals surface area contributed by atoms with Crippen LogP contribution in [0.25, 0.3) is 9.44 Å². The summed E-state index contributed by atoms with van der Waals surface area (Å²) in [5, 5.41) is 39.3. The van der Waals surface area contributed by atoms with Crippen LogP contribution >= 0.6 is 75.8 Å². The van der Waals surface area contributed by atoms with E-state index in [0.717, 1.165) is 20.3 Å². The van der Waals surface area contributed by atoms with Crippen molar-refractivity contribution in [3.63, 3.8) is 0 Å². The number of carbonyl (C=O) groups excluding carboxylic acids is 4. The number of carbonyl (C=O) groups is 4. The average Bonchev–Trinajstić information content (AvgIpc) is 3.99. The first-order valence-corrected chi connectivity index (χ1v) is 22.4. The van der Waals surface area contributed by atoms with Crippen LogP contribution in [-0.4, -0.2) is 94.2 Å². The van der Waals surface area contributed by atoms with Gasteiger partial charge in [0.15, 0.2) is 0 Å². The second-order valence-corrected chi connectivity index (χ2v) is 16.5. The first-order valence-electron chi connectivity index (χ1n) is 16.7. The summed E-state index contributed by atoms with van der Waals surface area (Å²) in [6.45, 7) is 0. The van der Waals surface area contributed by atoms with E-state index in [1.165, 1.54) is 43.9 Å². The summed E-state index contributed by atoms with van der Waals surface area (Å²) in [4.78, 5) is 47.6. The van der Waals surface area contributed by atoms with Crippen molar-refractivity contribution in [2.24, 2.45) is 8.80 Å². The molecular formula is C32H10Br2F24Mn2N6O8S4. The van der Waals surface area contributed by atoms with E-state index in [0.29, 0.717) is 11.7 Å². The minimum absolute atomic E-state index is 0. The maximum absolute atomic E-state index is 11.3. The van der Waals surface area contributed by atoms with Crippen LogP contribution in [0, 0.1) is 0 Å². The van der Waals surface area contributed by atoms with E-state index in [1.54, 1.807) is 12.4 Å². The Balaban J connectivity index is -0.000000419. The molecule has 0 unspecified atom stereocenters. The molecule has 2 aliphatic heterocycles. The van der Waals surface area contributed by atoms with Crippen molar-refractivity contribution in [2.75, 3.05) is 0 Å². The van der Waals surface area contributed by atoms with Crippen molar-refractivity contribution in [3.8, 4) is 0 Å². The van der Waals surface area contributed by atoms with Crippen LogP contribution in [0.4, 0.5) is 105 Å². The summed E-state index contributed by atoms with van der Waals surface area (Å²) in [7, 11) is 5.47.